The standard InChI is InChI=1S/C13H13BrClN5O2/c1-6-8(14)3-9-11(16-6)18-12(10(15)17-9)20-4-7(5-20)19(2)13(21)22/h3,7H,4-5H2,1-2H3,(H,21,22). The number of carbonyl (C=O) groups is 1. The third-order valence-corrected chi connectivity index (χ3v) is 4.79. The molecule has 9 heteroatoms. The molecule has 7 nitrogen and oxygen atoms in total. The Bertz CT molecular complexity index is 766. The number of fused-ring (bicyclic) bond motifs is 1. The number of carboxylic acid groups (broad SMARTS) is 1. The fourth-order valence-electron chi connectivity index (χ4n) is 2.26. The van der Waals surface area contributed by atoms with E-state index in [2.05, 4.69) is 30.9 Å². The van der Waals surface area contributed by atoms with Crippen molar-refractivity contribution in [2.75, 3.05) is 25.0 Å². The summed E-state index contributed by atoms with van der Waals surface area (Å²) in [6.07, 6.45) is -0.942. The first-order chi connectivity index (χ1) is 10.4. The van der Waals surface area contributed by atoms with Gasteiger partial charge in [0.25, 0.3) is 0 Å². The molecule has 0 atom stereocenters. The van der Waals surface area contributed by atoms with Gasteiger partial charge in [-0.15, -0.1) is 0 Å². The van der Waals surface area contributed by atoms with Crippen molar-refractivity contribution in [1.29, 1.82) is 0 Å². The number of hydrogen-bond acceptors (Lipinski definition) is 5. The van der Waals surface area contributed by atoms with Crippen LogP contribution in [0.1, 0.15) is 5.69 Å². The largest absolute Gasteiger partial charge is 0.465 e. The summed E-state index contributed by atoms with van der Waals surface area (Å²) >= 11 is 9.61. The van der Waals surface area contributed by atoms with E-state index in [1.807, 2.05) is 17.9 Å². The van der Waals surface area contributed by atoms with Gasteiger partial charge in [0.2, 0.25) is 0 Å². The molecule has 1 fully saturated rings. The van der Waals surface area contributed by atoms with Crippen LogP contribution in [0.5, 0.6) is 0 Å². The van der Waals surface area contributed by atoms with E-state index < -0.39 is 6.09 Å². The normalized spacial score (nSPS) is 15.0. The zero-order valence-corrected chi connectivity index (χ0v) is 14.3. The number of aryl methyl sites for hydroxylation is 1. The summed E-state index contributed by atoms with van der Waals surface area (Å²) in [7, 11) is 1.56. The third kappa shape index (κ3) is 2.56. The number of halogens is 2. The molecule has 0 radical (unpaired) electrons. The molecule has 1 N–H and O–H groups in total. The number of hydrogen-bond donors (Lipinski definition) is 1. The molecule has 116 valence electrons. The van der Waals surface area contributed by atoms with Gasteiger partial charge in [0.1, 0.15) is 5.52 Å². The fourth-order valence-corrected chi connectivity index (χ4v) is 2.81. The number of rotatable bonds is 2. The van der Waals surface area contributed by atoms with Gasteiger partial charge in [0.05, 0.1) is 11.7 Å². The molecule has 2 aromatic heterocycles. The SMILES string of the molecule is Cc1nc2nc(N3CC(N(C)C(=O)O)C3)c(Cl)nc2cc1Br. The maximum absolute atomic E-state index is 10.9. The minimum absolute atomic E-state index is 0.0642. The van der Waals surface area contributed by atoms with E-state index in [9.17, 15) is 4.79 Å². The molecule has 0 unspecified atom stereocenters. The molecule has 3 heterocycles. The van der Waals surface area contributed by atoms with E-state index in [0.717, 1.165) is 10.2 Å². The minimum atomic E-state index is -0.942. The van der Waals surface area contributed by atoms with Crippen LogP contribution in [-0.2, 0) is 0 Å². The van der Waals surface area contributed by atoms with Crippen molar-refractivity contribution in [2.45, 2.75) is 13.0 Å². The average Bonchev–Trinajstić information content (AvgIpc) is 2.39. The highest BCUT2D eigenvalue weighted by Gasteiger charge is 2.34. The van der Waals surface area contributed by atoms with E-state index in [0.29, 0.717) is 35.2 Å². The van der Waals surface area contributed by atoms with E-state index >= 15 is 0 Å². The Kier molecular flexibility index (Phi) is 3.82. The topological polar surface area (TPSA) is 82.5 Å². The Morgan fingerprint density at radius 2 is 2.14 bits per heavy atom. The smallest absolute Gasteiger partial charge is 0.407 e. The maximum Gasteiger partial charge on any atom is 0.407 e. The van der Waals surface area contributed by atoms with Crippen molar-refractivity contribution in [1.82, 2.24) is 19.9 Å². The second-order valence-corrected chi connectivity index (χ2v) is 6.40. The lowest BCUT2D eigenvalue weighted by Gasteiger charge is -2.43. The van der Waals surface area contributed by atoms with Crippen LogP contribution in [-0.4, -0.2) is 57.2 Å². The molecule has 0 bridgehead atoms. The van der Waals surface area contributed by atoms with Crippen molar-refractivity contribution in [3.05, 3.63) is 21.4 Å². The first-order valence-corrected chi connectivity index (χ1v) is 7.75. The van der Waals surface area contributed by atoms with E-state index in [-0.39, 0.29) is 6.04 Å². The summed E-state index contributed by atoms with van der Waals surface area (Å²) in [6.45, 7) is 2.96. The molecule has 0 saturated carbocycles. The quantitative estimate of drug-likeness (QED) is 0.854. The highest BCUT2D eigenvalue weighted by molar-refractivity contribution is 9.10. The predicted octanol–water partition coefficient (Wildman–Crippen LogP) is 2.55. The van der Waals surface area contributed by atoms with Crippen molar-refractivity contribution in [3.8, 4) is 0 Å². The Hall–Kier alpha value is -1.67. The molecule has 0 spiro atoms. The second-order valence-electron chi connectivity index (χ2n) is 5.19. The van der Waals surface area contributed by atoms with Gasteiger partial charge in [-0.3, -0.25) is 0 Å². The van der Waals surface area contributed by atoms with Crippen LogP contribution < -0.4 is 4.90 Å². The molecule has 3 rings (SSSR count). The van der Waals surface area contributed by atoms with Crippen molar-refractivity contribution < 1.29 is 9.90 Å². The number of likely N-dealkylation sites (N-methyl/N-ethyl adjacent to an activating group) is 1. The summed E-state index contributed by atoms with van der Waals surface area (Å²) in [5.74, 6) is 0.540. The summed E-state index contributed by atoms with van der Waals surface area (Å²) < 4.78 is 0.852. The zero-order chi connectivity index (χ0) is 16.0. The number of aromatic nitrogens is 3. The highest BCUT2D eigenvalue weighted by atomic mass is 79.9. The van der Waals surface area contributed by atoms with Crippen LogP contribution in [0.3, 0.4) is 0 Å². The van der Waals surface area contributed by atoms with E-state index in [1.165, 1.54) is 4.90 Å². The second kappa shape index (κ2) is 5.51. The predicted molar refractivity (Wildman–Crippen MR) is 86.6 cm³/mol. The molecular weight excluding hydrogens is 374 g/mol. The zero-order valence-electron chi connectivity index (χ0n) is 11.9. The Balaban J connectivity index is 1.88. The van der Waals surface area contributed by atoms with Crippen molar-refractivity contribution in [2.24, 2.45) is 0 Å². The number of pyridine rings is 1. The first-order valence-electron chi connectivity index (χ1n) is 6.58. The molecule has 0 aliphatic carbocycles. The minimum Gasteiger partial charge on any atom is -0.465 e. The average molecular weight is 387 g/mol. The Labute approximate surface area is 140 Å². The molecule has 22 heavy (non-hydrogen) atoms. The molecule has 0 aromatic carbocycles. The van der Waals surface area contributed by atoms with E-state index in [1.54, 1.807) is 7.05 Å². The van der Waals surface area contributed by atoms with Gasteiger partial charge in [-0.25, -0.2) is 19.7 Å². The summed E-state index contributed by atoms with van der Waals surface area (Å²) in [5, 5.41) is 9.26. The van der Waals surface area contributed by atoms with Gasteiger partial charge in [-0.1, -0.05) is 11.6 Å². The molecule has 1 aliphatic heterocycles. The van der Waals surface area contributed by atoms with Crippen LogP contribution in [0.25, 0.3) is 11.2 Å². The fraction of sp³-hybridized carbons (Fsp3) is 0.385. The lowest BCUT2D eigenvalue weighted by Crippen LogP contribution is -2.60. The van der Waals surface area contributed by atoms with Gasteiger partial charge in [0.15, 0.2) is 16.6 Å². The molecule has 1 aliphatic rings. The molecule has 1 saturated heterocycles. The van der Waals surface area contributed by atoms with Crippen molar-refractivity contribution >= 4 is 50.6 Å². The number of nitrogens with zero attached hydrogens (tertiary/aromatic N) is 5. The molecule has 2 aromatic rings. The van der Waals surface area contributed by atoms with Gasteiger partial charge in [-0.05, 0) is 28.9 Å². The number of anilines is 1. The summed E-state index contributed by atoms with van der Waals surface area (Å²) in [4.78, 5) is 27.3. The van der Waals surface area contributed by atoms with Gasteiger partial charge in [-0.2, -0.15) is 0 Å². The third-order valence-electron chi connectivity index (χ3n) is 3.74. The monoisotopic (exact) mass is 385 g/mol. The molecule has 1 amide bonds. The van der Waals surface area contributed by atoms with Crippen LogP contribution in [0.2, 0.25) is 5.15 Å². The van der Waals surface area contributed by atoms with Crippen LogP contribution in [0.15, 0.2) is 10.5 Å². The van der Waals surface area contributed by atoms with Gasteiger partial charge < -0.3 is 14.9 Å². The highest BCUT2D eigenvalue weighted by Crippen LogP contribution is 2.30. The van der Waals surface area contributed by atoms with Crippen molar-refractivity contribution in [3.63, 3.8) is 0 Å². The van der Waals surface area contributed by atoms with Gasteiger partial charge >= 0.3 is 6.09 Å². The maximum atomic E-state index is 10.9. The van der Waals surface area contributed by atoms with Crippen LogP contribution >= 0.6 is 27.5 Å². The van der Waals surface area contributed by atoms with Crippen LogP contribution in [0, 0.1) is 6.92 Å². The molecular formula is C13H13BrClN5O2. The lowest BCUT2D eigenvalue weighted by atomic mass is 10.1. The lowest BCUT2D eigenvalue weighted by molar-refractivity contribution is 0.130. The van der Waals surface area contributed by atoms with E-state index in [4.69, 9.17) is 16.7 Å². The van der Waals surface area contributed by atoms with Gasteiger partial charge in [0, 0.05) is 24.6 Å². The van der Waals surface area contributed by atoms with Crippen LogP contribution in [0.4, 0.5) is 10.6 Å². The first kappa shape index (κ1) is 15.2. The Morgan fingerprint density at radius 1 is 1.45 bits per heavy atom. The Morgan fingerprint density at radius 3 is 2.77 bits per heavy atom. The summed E-state index contributed by atoms with van der Waals surface area (Å²) in [5.41, 5.74) is 1.96. The summed E-state index contributed by atoms with van der Waals surface area (Å²) in [6, 6.07) is 1.77. The number of amides is 1.